The Kier molecular flexibility index (Phi) is 6.98. The van der Waals surface area contributed by atoms with Gasteiger partial charge in [0.15, 0.2) is 0 Å². The van der Waals surface area contributed by atoms with Gasteiger partial charge in [-0.25, -0.2) is 4.79 Å². The zero-order chi connectivity index (χ0) is 16.3. The van der Waals surface area contributed by atoms with Gasteiger partial charge in [-0.15, -0.1) is 12.4 Å². The van der Waals surface area contributed by atoms with Crippen LogP contribution in [0.15, 0.2) is 18.2 Å². The summed E-state index contributed by atoms with van der Waals surface area (Å²) in [5.74, 6) is 0.399. The molecular weight excluding hydrogens is 354 g/mol. The molecule has 0 aromatic heterocycles. The Hall–Kier alpha value is -1.18. The summed E-state index contributed by atoms with van der Waals surface area (Å²) in [5, 5.41) is 2.09. The first kappa shape index (κ1) is 19.9. The highest BCUT2D eigenvalue weighted by atomic mass is 35.5. The molecule has 1 aliphatic rings. The molecule has 2 rings (SSSR count). The van der Waals surface area contributed by atoms with E-state index in [0.29, 0.717) is 25.6 Å². The normalized spacial score (nSPS) is 16.0. The van der Waals surface area contributed by atoms with Crippen LogP contribution >= 0.6 is 24.0 Å². The largest absolute Gasteiger partial charge is 0.417 e. The smallest absolute Gasteiger partial charge is 0.330 e. The zero-order valence-electron chi connectivity index (χ0n) is 12.2. The Morgan fingerprint density at radius 2 is 1.96 bits per heavy atom. The van der Waals surface area contributed by atoms with Gasteiger partial charge in [0.25, 0.3) is 0 Å². The first-order valence-electron chi connectivity index (χ1n) is 6.94. The van der Waals surface area contributed by atoms with Gasteiger partial charge < -0.3 is 16.0 Å². The number of alkyl halides is 3. The summed E-state index contributed by atoms with van der Waals surface area (Å²) >= 11 is 5.54. The number of hydrogen-bond acceptors (Lipinski definition) is 2. The van der Waals surface area contributed by atoms with Gasteiger partial charge in [-0.1, -0.05) is 11.6 Å². The van der Waals surface area contributed by atoms with Crippen molar-refractivity contribution in [2.75, 3.05) is 25.0 Å². The minimum absolute atomic E-state index is 0. The molecule has 1 aromatic carbocycles. The van der Waals surface area contributed by atoms with E-state index in [1.54, 1.807) is 4.90 Å². The topological polar surface area (TPSA) is 58.4 Å². The number of anilines is 1. The van der Waals surface area contributed by atoms with E-state index in [1.807, 2.05) is 0 Å². The number of piperidine rings is 1. The van der Waals surface area contributed by atoms with Gasteiger partial charge in [0.2, 0.25) is 0 Å². The lowest BCUT2D eigenvalue weighted by atomic mass is 9.97. The molecule has 0 bridgehead atoms. The van der Waals surface area contributed by atoms with Crippen molar-refractivity contribution in [3.63, 3.8) is 0 Å². The number of rotatable bonds is 2. The lowest BCUT2D eigenvalue weighted by molar-refractivity contribution is -0.137. The molecule has 0 aliphatic carbocycles. The molecule has 0 spiro atoms. The summed E-state index contributed by atoms with van der Waals surface area (Å²) in [6.07, 6.45) is -2.95. The number of amides is 2. The number of likely N-dealkylation sites (tertiary alicyclic amines) is 1. The highest BCUT2D eigenvalue weighted by Gasteiger charge is 2.33. The first-order chi connectivity index (χ1) is 10.3. The number of nitrogens with zero attached hydrogens (tertiary/aromatic N) is 1. The van der Waals surface area contributed by atoms with Crippen LogP contribution in [0.3, 0.4) is 0 Å². The van der Waals surface area contributed by atoms with Crippen molar-refractivity contribution in [1.82, 2.24) is 4.90 Å². The van der Waals surface area contributed by atoms with Crippen molar-refractivity contribution in [3.05, 3.63) is 28.8 Å². The van der Waals surface area contributed by atoms with Crippen LogP contribution in [0.5, 0.6) is 0 Å². The average molecular weight is 372 g/mol. The number of nitrogens with one attached hydrogen (secondary N) is 1. The molecule has 23 heavy (non-hydrogen) atoms. The van der Waals surface area contributed by atoms with Gasteiger partial charge in [0, 0.05) is 18.8 Å². The standard InChI is InChI=1S/C14H17ClF3N3O.ClH/c15-12-2-1-10(7-11(12)14(16,17)18)20-13(22)21-5-3-9(8-19)4-6-21;/h1-2,7,9H,3-6,8,19H2,(H,20,22);1H. The lowest BCUT2D eigenvalue weighted by Gasteiger charge is -2.31. The monoisotopic (exact) mass is 371 g/mol. The summed E-state index contributed by atoms with van der Waals surface area (Å²) in [6.45, 7) is 1.68. The molecular formula is C14H18Cl2F3N3O. The van der Waals surface area contributed by atoms with E-state index >= 15 is 0 Å². The van der Waals surface area contributed by atoms with Crippen molar-refractivity contribution >= 4 is 35.7 Å². The Morgan fingerprint density at radius 1 is 1.35 bits per heavy atom. The van der Waals surface area contributed by atoms with Crippen LogP contribution in [-0.2, 0) is 6.18 Å². The van der Waals surface area contributed by atoms with Crippen LogP contribution in [0, 0.1) is 5.92 Å². The Morgan fingerprint density at radius 3 is 2.48 bits per heavy atom. The van der Waals surface area contributed by atoms with Gasteiger partial charge in [-0.2, -0.15) is 13.2 Å². The summed E-state index contributed by atoms with van der Waals surface area (Å²) in [5.41, 5.74) is 4.69. The maximum Gasteiger partial charge on any atom is 0.417 e. The van der Waals surface area contributed by atoms with Crippen LogP contribution in [0.1, 0.15) is 18.4 Å². The predicted octanol–water partition coefficient (Wildman–Crippen LogP) is 3.98. The predicted molar refractivity (Wildman–Crippen MR) is 86.1 cm³/mol. The third kappa shape index (κ3) is 5.16. The van der Waals surface area contributed by atoms with Crippen molar-refractivity contribution in [1.29, 1.82) is 0 Å². The van der Waals surface area contributed by atoms with Crippen molar-refractivity contribution in [2.24, 2.45) is 11.7 Å². The molecule has 1 fully saturated rings. The average Bonchev–Trinajstić information content (AvgIpc) is 2.48. The SMILES string of the molecule is Cl.NCC1CCN(C(=O)Nc2ccc(Cl)c(C(F)(F)F)c2)CC1. The third-order valence-electron chi connectivity index (χ3n) is 3.76. The van der Waals surface area contributed by atoms with Gasteiger partial charge in [-0.3, -0.25) is 0 Å². The molecule has 4 nitrogen and oxygen atoms in total. The quantitative estimate of drug-likeness (QED) is 0.825. The number of carbonyl (C=O) groups excluding carboxylic acids is 1. The highest BCUT2D eigenvalue weighted by Crippen LogP contribution is 2.36. The molecule has 3 N–H and O–H groups in total. The Balaban J connectivity index is 0.00000264. The zero-order valence-corrected chi connectivity index (χ0v) is 13.8. The van der Waals surface area contributed by atoms with Crippen LogP contribution in [0.2, 0.25) is 5.02 Å². The van der Waals surface area contributed by atoms with Crippen LogP contribution in [0.25, 0.3) is 0 Å². The molecule has 130 valence electrons. The van der Waals surface area contributed by atoms with Gasteiger partial charge in [-0.05, 0) is 43.5 Å². The van der Waals surface area contributed by atoms with E-state index in [0.717, 1.165) is 25.0 Å². The van der Waals surface area contributed by atoms with Crippen LogP contribution in [-0.4, -0.2) is 30.6 Å². The molecule has 1 heterocycles. The number of hydrogen-bond donors (Lipinski definition) is 2. The van der Waals surface area contributed by atoms with E-state index in [1.165, 1.54) is 6.07 Å². The van der Waals surface area contributed by atoms with E-state index < -0.39 is 22.8 Å². The number of carbonyl (C=O) groups is 1. The summed E-state index contributed by atoms with van der Waals surface area (Å²) in [6, 6.07) is 2.90. The molecule has 0 unspecified atom stereocenters. The van der Waals surface area contributed by atoms with Crippen LogP contribution < -0.4 is 11.1 Å². The summed E-state index contributed by atoms with van der Waals surface area (Å²) in [7, 11) is 0. The Labute approximate surface area is 143 Å². The van der Waals surface area contributed by atoms with Gasteiger partial charge >= 0.3 is 12.2 Å². The number of benzene rings is 1. The highest BCUT2D eigenvalue weighted by molar-refractivity contribution is 6.31. The van der Waals surface area contributed by atoms with E-state index in [4.69, 9.17) is 17.3 Å². The second kappa shape index (κ2) is 8.08. The molecule has 0 saturated carbocycles. The Bertz CT molecular complexity index is 547. The maximum atomic E-state index is 12.8. The number of urea groups is 1. The molecule has 0 radical (unpaired) electrons. The molecule has 1 aliphatic heterocycles. The minimum Gasteiger partial charge on any atom is -0.330 e. The fourth-order valence-corrected chi connectivity index (χ4v) is 2.62. The van der Waals surface area contributed by atoms with E-state index in [9.17, 15) is 18.0 Å². The second-order valence-corrected chi connectivity index (χ2v) is 5.70. The van der Waals surface area contributed by atoms with Crippen molar-refractivity contribution < 1.29 is 18.0 Å². The van der Waals surface area contributed by atoms with E-state index in [2.05, 4.69) is 5.32 Å². The van der Waals surface area contributed by atoms with Crippen molar-refractivity contribution in [3.8, 4) is 0 Å². The number of halogens is 5. The van der Waals surface area contributed by atoms with Gasteiger partial charge in [0.1, 0.15) is 0 Å². The third-order valence-corrected chi connectivity index (χ3v) is 4.09. The molecule has 1 aromatic rings. The minimum atomic E-state index is -4.56. The summed E-state index contributed by atoms with van der Waals surface area (Å²) < 4.78 is 38.4. The van der Waals surface area contributed by atoms with Crippen LogP contribution in [0.4, 0.5) is 23.7 Å². The van der Waals surface area contributed by atoms with Gasteiger partial charge in [0.05, 0.1) is 10.6 Å². The fourth-order valence-electron chi connectivity index (χ4n) is 2.39. The lowest BCUT2D eigenvalue weighted by Crippen LogP contribution is -2.42. The number of nitrogens with two attached hydrogens (primary N) is 1. The maximum absolute atomic E-state index is 12.8. The fraction of sp³-hybridized carbons (Fsp3) is 0.500. The van der Waals surface area contributed by atoms with Crippen molar-refractivity contribution in [2.45, 2.75) is 19.0 Å². The first-order valence-corrected chi connectivity index (χ1v) is 7.32. The summed E-state index contributed by atoms with van der Waals surface area (Å²) in [4.78, 5) is 13.7. The van der Waals surface area contributed by atoms with E-state index in [-0.39, 0.29) is 18.1 Å². The molecule has 1 saturated heterocycles. The molecule has 2 amide bonds. The second-order valence-electron chi connectivity index (χ2n) is 5.29. The molecule has 9 heteroatoms. The molecule has 0 atom stereocenters.